The van der Waals surface area contributed by atoms with E-state index in [1.54, 1.807) is 0 Å². The lowest BCUT2D eigenvalue weighted by atomic mass is 10.0. The van der Waals surface area contributed by atoms with Crippen molar-refractivity contribution < 1.29 is 80.2 Å². The number of allylic oxidation sites excluding steroid dienone is 4. The van der Waals surface area contributed by atoms with Crippen LogP contribution < -0.4 is 0 Å². The Labute approximate surface area is 478 Å². The smallest absolute Gasteiger partial charge is 0.462 e. The van der Waals surface area contributed by atoms with E-state index in [-0.39, 0.29) is 25.7 Å². The Morgan fingerprint density at radius 2 is 0.608 bits per heavy atom. The zero-order chi connectivity index (χ0) is 58.3. The number of aliphatic hydroxyl groups excluding tert-OH is 1. The van der Waals surface area contributed by atoms with E-state index >= 15 is 0 Å². The molecule has 0 rings (SSSR count). The van der Waals surface area contributed by atoms with Gasteiger partial charge in [-0.2, -0.15) is 0 Å². The summed E-state index contributed by atoms with van der Waals surface area (Å²) >= 11 is 0. The van der Waals surface area contributed by atoms with Crippen molar-refractivity contribution in [3.8, 4) is 0 Å². The molecule has 0 amide bonds. The van der Waals surface area contributed by atoms with Crippen molar-refractivity contribution in [2.45, 2.75) is 296 Å². The van der Waals surface area contributed by atoms with Gasteiger partial charge in [-0.1, -0.05) is 225 Å². The molecule has 464 valence electrons. The third-order valence-electron chi connectivity index (χ3n) is 13.2. The van der Waals surface area contributed by atoms with Crippen LogP contribution in [0.3, 0.4) is 0 Å². The lowest BCUT2D eigenvalue weighted by Gasteiger charge is -2.21. The van der Waals surface area contributed by atoms with Crippen molar-refractivity contribution in [2.75, 3.05) is 39.6 Å². The second-order valence-corrected chi connectivity index (χ2v) is 24.0. The van der Waals surface area contributed by atoms with Crippen LogP contribution in [0.5, 0.6) is 0 Å². The number of rotatable bonds is 59. The Hall–Kier alpha value is -2.46. The Morgan fingerprint density at radius 3 is 0.924 bits per heavy atom. The summed E-state index contributed by atoms with van der Waals surface area (Å²) < 4.78 is 67.4. The number of carbonyl (C=O) groups excluding carboxylic acids is 4. The molecule has 0 fully saturated rings. The molecule has 0 saturated carbocycles. The lowest BCUT2D eigenvalue weighted by molar-refractivity contribution is -0.161. The van der Waals surface area contributed by atoms with Crippen molar-refractivity contribution in [2.24, 2.45) is 0 Å². The summed E-state index contributed by atoms with van der Waals surface area (Å²) in [5.74, 6) is -2.19. The standard InChI is InChI=1S/C60H112O17P2/c1-5-9-13-17-19-21-23-25-27-29-31-33-35-39-43-47-60(65)77-56(51-71-58(63)45-41-38-34-32-30-28-26-24-22-20-18-14-10-6-2)53-75-79(68,69)73-49-54(61)48-72-78(66,67)74-52-55(76-59(64)46-42-37-16-12-8-4)50-70-57(62)44-40-36-15-11-7-3/h21,23,25,27,54-56,61H,5-20,22,24,26,28-53H2,1-4H3,(H,66,67)(H,68,69)/b23-21-,27-25-/t54-,55+,56+/m0/s1. The lowest BCUT2D eigenvalue weighted by Crippen LogP contribution is -2.30. The predicted molar refractivity (Wildman–Crippen MR) is 312 cm³/mol. The summed E-state index contributed by atoms with van der Waals surface area (Å²) in [5, 5.41) is 10.5. The van der Waals surface area contributed by atoms with Crippen LogP contribution in [0.2, 0.25) is 0 Å². The van der Waals surface area contributed by atoms with Gasteiger partial charge in [0.05, 0.1) is 26.4 Å². The van der Waals surface area contributed by atoms with Gasteiger partial charge in [0, 0.05) is 25.7 Å². The van der Waals surface area contributed by atoms with Crippen molar-refractivity contribution >= 4 is 39.5 Å². The average Bonchev–Trinajstić information content (AvgIpc) is 3.42. The molecule has 0 radical (unpaired) electrons. The van der Waals surface area contributed by atoms with Crippen LogP contribution in [0.25, 0.3) is 0 Å². The molecule has 5 atom stereocenters. The number of unbranched alkanes of at least 4 members (excludes halogenated alkanes) is 30. The Bertz CT molecular complexity index is 1630. The summed E-state index contributed by atoms with van der Waals surface area (Å²) in [6.45, 7) is 4.61. The fraction of sp³-hybridized carbons (Fsp3) is 0.867. The Morgan fingerprint density at radius 1 is 0.354 bits per heavy atom. The maximum atomic E-state index is 12.9. The SMILES string of the molecule is CCCCCC/C=C\C=C/CCCCCCCC(=O)O[C@H](COC(=O)CCCCCCCCCCCCCCCC)COP(=O)(O)OC[C@@H](O)COP(=O)(O)OC[C@@H](COC(=O)CCCCCCC)OC(=O)CCCCCCC. The van der Waals surface area contributed by atoms with E-state index in [0.717, 1.165) is 109 Å². The van der Waals surface area contributed by atoms with E-state index in [0.29, 0.717) is 25.7 Å². The number of phosphoric ester groups is 2. The van der Waals surface area contributed by atoms with Crippen LogP contribution in [-0.4, -0.2) is 96.7 Å². The summed E-state index contributed by atoms with van der Waals surface area (Å²) in [4.78, 5) is 71.5. The quantitative estimate of drug-likeness (QED) is 0.0169. The van der Waals surface area contributed by atoms with Crippen LogP contribution in [0.4, 0.5) is 0 Å². The van der Waals surface area contributed by atoms with E-state index in [9.17, 15) is 43.2 Å². The van der Waals surface area contributed by atoms with Gasteiger partial charge in [-0.15, -0.1) is 0 Å². The van der Waals surface area contributed by atoms with Crippen LogP contribution in [0.1, 0.15) is 278 Å². The molecular formula is C60H112O17P2. The monoisotopic (exact) mass is 1170 g/mol. The van der Waals surface area contributed by atoms with E-state index in [1.165, 1.54) is 89.9 Å². The highest BCUT2D eigenvalue weighted by atomic mass is 31.2. The highest BCUT2D eigenvalue weighted by Crippen LogP contribution is 2.45. The first-order valence-electron chi connectivity index (χ1n) is 31.1. The molecule has 3 N–H and O–H groups in total. The number of hydrogen-bond acceptors (Lipinski definition) is 15. The Kier molecular flexibility index (Phi) is 53.1. The van der Waals surface area contributed by atoms with E-state index in [4.69, 9.17) is 37.0 Å². The number of phosphoric acid groups is 2. The topological polar surface area (TPSA) is 237 Å². The molecule has 0 aliphatic rings. The second kappa shape index (κ2) is 54.8. The molecule has 0 aliphatic heterocycles. The van der Waals surface area contributed by atoms with Gasteiger partial charge in [-0.05, 0) is 51.4 Å². The van der Waals surface area contributed by atoms with Crippen LogP contribution in [0.15, 0.2) is 24.3 Å². The maximum absolute atomic E-state index is 12.9. The predicted octanol–water partition coefficient (Wildman–Crippen LogP) is 15.9. The van der Waals surface area contributed by atoms with Crippen LogP contribution >= 0.6 is 15.6 Å². The van der Waals surface area contributed by atoms with Crippen LogP contribution in [-0.2, 0) is 65.4 Å². The largest absolute Gasteiger partial charge is 0.472 e. The third-order valence-corrected chi connectivity index (χ3v) is 15.1. The van der Waals surface area contributed by atoms with Crippen molar-refractivity contribution in [3.63, 3.8) is 0 Å². The Balaban J connectivity index is 5.16. The van der Waals surface area contributed by atoms with E-state index in [2.05, 4.69) is 52.0 Å². The molecule has 19 heteroatoms. The highest BCUT2D eigenvalue weighted by molar-refractivity contribution is 7.47. The highest BCUT2D eigenvalue weighted by Gasteiger charge is 2.30. The number of hydrogen-bond donors (Lipinski definition) is 3. The summed E-state index contributed by atoms with van der Waals surface area (Å²) in [6, 6.07) is 0. The fourth-order valence-corrected chi connectivity index (χ4v) is 9.97. The molecule has 0 heterocycles. The molecular weight excluding hydrogens is 1050 g/mol. The van der Waals surface area contributed by atoms with Gasteiger partial charge in [0.2, 0.25) is 0 Å². The third kappa shape index (κ3) is 54.5. The summed E-state index contributed by atoms with van der Waals surface area (Å²) in [5.41, 5.74) is 0. The van der Waals surface area contributed by atoms with Gasteiger partial charge < -0.3 is 33.8 Å². The normalized spacial score (nSPS) is 14.5. The molecule has 0 aromatic rings. The molecule has 79 heavy (non-hydrogen) atoms. The number of ether oxygens (including phenoxy) is 4. The first kappa shape index (κ1) is 76.5. The average molecular weight is 1170 g/mol. The minimum Gasteiger partial charge on any atom is -0.462 e. The van der Waals surface area contributed by atoms with Gasteiger partial charge in [0.15, 0.2) is 12.2 Å². The molecule has 2 unspecified atom stereocenters. The zero-order valence-corrected chi connectivity index (χ0v) is 51.6. The molecule has 17 nitrogen and oxygen atoms in total. The fourth-order valence-electron chi connectivity index (χ4n) is 8.39. The molecule has 0 bridgehead atoms. The van der Waals surface area contributed by atoms with Crippen molar-refractivity contribution in [1.82, 2.24) is 0 Å². The van der Waals surface area contributed by atoms with Gasteiger partial charge >= 0.3 is 39.5 Å². The molecule has 0 aromatic carbocycles. The van der Waals surface area contributed by atoms with Crippen LogP contribution in [0, 0.1) is 0 Å². The second-order valence-electron chi connectivity index (χ2n) is 21.1. The summed E-state index contributed by atoms with van der Waals surface area (Å²) in [7, 11) is -9.87. The first-order valence-corrected chi connectivity index (χ1v) is 34.1. The zero-order valence-electron chi connectivity index (χ0n) is 49.8. The minimum absolute atomic E-state index is 0.0854. The van der Waals surface area contributed by atoms with Gasteiger partial charge in [0.1, 0.15) is 19.3 Å². The minimum atomic E-state index is -4.95. The first-order chi connectivity index (χ1) is 38.2. The van der Waals surface area contributed by atoms with Crippen molar-refractivity contribution in [3.05, 3.63) is 24.3 Å². The van der Waals surface area contributed by atoms with Gasteiger partial charge in [-0.3, -0.25) is 37.3 Å². The van der Waals surface area contributed by atoms with E-state index < -0.39 is 97.5 Å². The number of aliphatic hydroxyl groups is 1. The van der Waals surface area contributed by atoms with Crippen molar-refractivity contribution in [1.29, 1.82) is 0 Å². The number of carbonyl (C=O) groups is 4. The maximum Gasteiger partial charge on any atom is 0.472 e. The molecule has 0 aliphatic carbocycles. The van der Waals surface area contributed by atoms with E-state index in [1.807, 2.05) is 0 Å². The molecule has 0 aromatic heterocycles. The molecule has 0 spiro atoms. The number of esters is 4. The molecule has 0 saturated heterocycles. The summed E-state index contributed by atoms with van der Waals surface area (Å²) in [6.07, 6.45) is 41.9. The van der Waals surface area contributed by atoms with Gasteiger partial charge in [0.25, 0.3) is 0 Å². The van der Waals surface area contributed by atoms with Gasteiger partial charge in [-0.25, -0.2) is 9.13 Å².